The fourth-order valence-corrected chi connectivity index (χ4v) is 1.67. The highest BCUT2D eigenvalue weighted by Crippen LogP contribution is 2.15. The zero-order valence-corrected chi connectivity index (χ0v) is 11.3. The molecule has 0 spiro atoms. The van der Waals surface area contributed by atoms with Gasteiger partial charge in [-0.1, -0.05) is 12.1 Å². The van der Waals surface area contributed by atoms with Crippen LogP contribution in [0.25, 0.3) is 0 Å². The summed E-state index contributed by atoms with van der Waals surface area (Å²) in [7, 11) is 0. The summed E-state index contributed by atoms with van der Waals surface area (Å²) >= 11 is 0. The van der Waals surface area contributed by atoms with Crippen molar-refractivity contribution in [1.29, 1.82) is 0 Å². The van der Waals surface area contributed by atoms with Gasteiger partial charge >= 0.3 is 0 Å². The molecular weight excluding hydrogens is 275 g/mol. The van der Waals surface area contributed by atoms with Crippen LogP contribution in [0, 0.1) is 5.82 Å². The van der Waals surface area contributed by atoms with Crippen molar-refractivity contribution in [2.45, 2.75) is 6.42 Å². The van der Waals surface area contributed by atoms with Gasteiger partial charge in [-0.2, -0.15) is 0 Å². The van der Waals surface area contributed by atoms with Gasteiger partial charge in [-0.3, -0.25) is 9.59 Å². The van der Waals surface area contributed by atoms with Crippen LogP contribution in [0.4, 0.5) is 4.39 Å². The van der Waals surface area contributed by atoms with Crippen LogP contribution in [0.15, 0.2) is 47.4 Å². The summed E-state index contributed by atoms with van der Waals surface area (Å²) in [4.78, 5) is 25.0. The molecule has 0 fully saturated rings. The number of aromatic nitrogens is 1. The van der Waals surface area contributed by atoms with Gasteiger partial charge in [0, 0.05) is 18.8 Å². The first-order valence-corrected chi connectivity index (χ1v) is 6.51. The fraction of sp³-hybridized carbons (Fsp3) is 0.200. The third kappa shape index (κ3) is 4.45. The molecule has 2 N–H and O–H groups in total. The average Bonchev–Trinajstić information content (AvgIpc) is 2.49. The van der Waals surface area contributed by atoms with Crippen molar-refractivity contribution in [3.63, 3.8) is 0 Å². The van der Waals surface area contributed by atoms with Crippen molar-refractivity contribution in [3.05, 3.63) is 64.3 Å². The van der Waals surface area contributed by atoms with E-state index < -0.39 is 5.82 Å². The third-order valence-electron chi connectivity index (χ3n) is 2.75. The monoisotopic (exact) mass is 290 g/mol. The molecule has 0 unspecified atom stereocenters. The van der Waals surface area contributed by atoms with Gasteiger partial charge in [-0.25, -0.2) is 4.39 Å². The highest BCUT2D eigenvalue weighted by Gasteiger charge is 2.05. The predicted molar refractivity (Wildman–Crippen MR) is 75.9 cm³/mol. The minimum Gasteiger partial charge on any atom is -0.490 e. The smallest absolute Gasteiger partial charge is 0.252 e. The maximum atomic E-state index is 13.3. The Morgan fingerprint density at radius 3 is 2.76 bits per heavy atom. The topological polar surface area (TPSA) is 71.2 Å². The van der Waals surface area contributed by atoms with Crippen LogP contribution in [-0.2, 0) is 0 Å². The van der Waals surface area contributed by atoms with E-state index in [0.717, 1.165) is 0 Å². The van der Waals surface area contributed by atoms with Crippen LogP contribution in [-0.4, -0.2) is 24.0 Å². The SMILES string of the molecule is O=C(NCCCOc1ccccc1F)c1ccc(=O)[nH]c1. The van der Waals surface area contributed by atoms with Crippen LogP contribution in [0.3, 0.4) is 0 Å². The Labute approximate surface area is 120 Å². The van der Waals surface area contributed by atoms with Gasteiger partial charge < -0.3 is 15.0 Å². The molecule has 0 aliphatic rings. The number of halogens is 1. The lowest BCUT2D eigenvalue weighted by molar-refractivity contribution is 0.0951. The Balaban J connectivity index is 1.70. The van der Waals surface area contributed by atoms with E-state index in [0.29, 0.717) is 25.1 Å². The Morgan fingerprint density at radius 2 is 2.05 bits per heavy atom. The van der Waals surface area contributed by atoms with E-state index in [2.05, 4.69) is 10.3 Å². The van der Waals surface area contributed by atoms with Crippen molar-refractivity contribution < 1.29 is 13.9 Å². The summed E-state index contributed by atoms with van der Waals surface area (Å²) in [5.74, 6) is -0.489. The van der Waals surface area contributed by atoms with Gasteiger partial charge in [0.25, 0.3) is 5.91 Å². The molecule has 21 heavy (non-hydrogen) atoms. The number of amides is 1. The number of hydrogen-bond donors (Lipinski definition) is 2. The van der Waals surface area contributed by atoms with Gasteiger partial charge in [0.1, 0.15) is 0 Å². The maximum Gasteiger partial charge on any atom is 0.252 e. The van der Waals surface area contributed by atoms with Crippen molar-refractivity contribution in [1.82, 2.24) is 10.3 Å². The standard InChI is InChI=1S/C15H15FN2O3/c16-12-4-1-2-5-13(12)21-9-3-8-17-15(20)11-6-7-14(19)18-10-11/h1-2,4-7,10H,3,8-9H2,(H,17,20)(H,18,19). The van der Waals surface area contributed by atoms with Crippen LogP contribution in [0.2, 0.25) is 0 Å². The highest BCUT2D eigenvalue weighted by atomic mass is 19.1. The van der Waals surface area contributed by atoms with E-state index in [-0.39, 0.29) is 17.2 Å². The third-order valence-corrected chi connectivity index (χ3v) is 2.75. The minimum atomic E-state index is -0.408. The molecule has 0 radical (unpaired) electrons. The fourth-order valence-electron chi connectivity index (χ4n) is 1.67. The molecule has 6 heteroatoms. The van der Waals surface area contributed by atoms with Gasteiger partial charge in [0.05, 0.1) is 12.2 Å². The minimum absolute atomic E-state index is 0.199. The van der Waals surface area contributed by atoms with Crippen molar-refractivity contribution in [2.24, 2.45) is 0 Å². The number of rotatable bonds is 6. The van der Waals surface area contributed by atoms with Crippen LogP contribution >= 0.6 is 0 Å². The number of H-pyrrole nitrogens is 1. The molecule has 2 rings (SSSR count). The predicted octanol–water partition coefficient (Wildman–Crippen LogP) is 1.71. The number of aromatic amines is 1. The van der Waals surface area contributed by atoms with E-state index in [1.54, 1.807) is 18.2 Å². The number of carbonyl (C=O) groups is 1. The van der Waals surface area contributed by atoms with Crippen LogP contribution < -0.4 is 15.6 Å². The number of pyridine rings is 1. The number of hydrogen-bond acceptors (Lipinski definition) is 3. The molecule has 1 aromatic carbocycles. The van der Waals surface area contributed by atoms with Gasteiger partial charge in [0.15, 0.2) is 11.6 Å². The zero-order chi connectivity index (χ0) is 15.1. The van der Waals surface area contributed by atoms with Crippen molar-refractivity contribution in [2.75, 3.05) is 13.2 Å². The summed E-state index contributed by atoms with van der Waals surface area (Å²) < 4.78 is 18.5. The second-order valence-corrected chi connectivity index (χ2v) is 4.33. The van der Waals surface area contributed by atoms with Gasteiger partial charge in [-0.15, -0.1) is 0 Å². The Morgan fingerprint density at radius 1 is 1.24 bits per heavy atom. The second kappa shape index (κ2) is 7.23. The van der Waals surface area contributed by atoms with Crippen molar-refractivity contribution >= 4 is 5.91 Å². The van der Waals surface area contributed by atoms with E-state index >= 15 is 0 Å². The Hall–Kier alpha value is -2.63. The molecule has 1 aromatic heterocycles. The molecule has 5 nitrogen and oxygen atoms in total. The van der Waals surface area contributed by atoms with Crippen molar-refractivity contribution in [3.8, 4) is 5.75 Å². The number of benzene rings is 1. The van der Waals surface area contributed by atoms with E-state index in [1.807, 2.05) is 0 Å². The summed E-state index contributed by atoms with van der Waals surface area (Å²) in [5.41, 5.74) is 0.120. The molecule has 1 amide bonds. The molecule has 0 aliphatic heterocycles. The van der Waals surface area contributed by atoms with Gasteiger partial charge in [-0.05, 0) is 24.6 Å². The van der Waals surface area contributed by atoms with Crippen LogP contribution in [0.5, 0.6) is 5.75 Å². The van der Waals surface area contributed by atoms with Gasteiger partial charge in [0.2, 0.25) is 5.56 Å². The quantitative estimate of drug-likeness (QED) is 0.796. The summed E-state index contributed by atoms with van der Waals surface area (Å²) in [5, 5.41) is 2.68. The Kier molecular flexibility index (Phi) is 5.09. The maximum absolute atomic E-state index is 13.3. The first-order valence-electron chi connectivity index (χ1n) is 6.51. The molecule has 2 aromatic rings. The lowest BCUT2D eigenvalue weighted by Gasteiger charge is -2.08. The average molecular weight is 290 g/mol. The molecule has 0 aliphatic carbocycles. The number of para-hydroxylation sites is 1. The lowest BCUT2D eigenvalue weighted by atomic mass is 10.2. The molecule has 0 atom stereocenters. The molecule has 0 saturated carbocycles. The molecule has 110 valence electrons. The summed E-state index contributed by atoms with van der Waals surface area (Å²) in [6.45, 7) is 0.694. The first-order chi connectivity index (χ1) is 10.2. The number of nitrogens with one attached hydrogen (secondary N) is 2. The zero-order valence-electron chi connectivity index (χ0n) is 11.3. The lowest BCUT2D eigenvalue weighted by Crippen LogP contribution is -2.26. The highest BCUT2D eigenvalue weighted by molar-refractivity contribution is 5.93. The summed E-state index contributed by atoms with van der Waals surface area (Å²) in [6, 6.07) is 8.89. The number of ether oxygens (including phenoxy) is 1. The molecule has 0 bridgehead atoms. The van der Waals surface area contributed by atoms with E-state index in [9.17, 15) is 14.0 Å². The summed E-state index contributed by atoms with van der Waals surface area (Å²) in [6.07, 6.45) is 1.90. The Bertz CT molecular complexity index is 649. The normalized spacial score (nSPS) is 10.1. The van der Waals surface area contributed by atoms with Crippen LogP contribution in [0.1, 0.15) is 16.8 Å². The van der Waals surface area contributed by atoms with E-state index in [4.69, 9.17) is 4.74 Å². The first kappa shape index (κ1) is 14.8. The molecule has 1 heterocycles. The molecule has 0 saturated heterocycles. The second-order valence-electron chi connectivity index (χ2n) is 4.33. The molecular formula is C15H15FN2O3. The largest absolute Gasteiger partial charge is 0.490 e. The van der Waals surface area contributed by atoms with E-state index in [1.165, 1.54) is 24.4 Å². The number of carbonyl (C=O) groups excluding carboxylic acids is 1.